The van der Waals surface area contributed by atoms with Gasteiger partial charge in [0.1, 0.15) is 4.90 Å². The first-order chi connectivity index (χ1) is 12.3. The van der Waals surface area contributed by atoms with E-state index in [0.717, 1.165) is 29.2 Å². The van der Waals surface area contributed by atoms with Crippen molar-refractivity contribution in [1.82, 2.24) is 10.2 Å². The van der Waals surface area contributed by atoms with Crippen LogP contribution in [0, 0.1) is 0 Å². The predicted molar refractivity (Wildman–Crippen MR) is 96.2 cm³/mol. The normalized spacial score (nSPS) is 11.0. The molecule has 0 saturated carbocycles. The summed E-state index contributed by atoms with van der Waals surface area (Å²) in [6.07, 6.45) is 0. The third kappa shape index (κ3) is 5.06. The van der Waals surface area contributed by atoms with Gasteiger partial charge in [-0.3, -0.25) is 9.52 Å². The number of methoxy groups -OCH3 is 2. The number of thioether (sulfide) groups is 1. The zero-order chi connectivity index (χ0) is 19.3. The van der Waals surface area contributed by atoms with Crippen molar-refractivity contribution in [2.75, 3.05) is 24.7 Å². The Bertz CT molecular complexity index is 931. The highest BCUT2D eigenvalue weighted by Gasteiger charge is 2.22. The van der Waals surface area contributed by atoms with Crippen LogP contribution >= 0.6 is 34.7 Å². The fraction of sp³-hybridized carbons (Fsp3) is 0.231. The smallest absolute Gasteiger partial charge is 0.337 e. The monoisotopic (exact) mass is 437 g/mol. The minimum atomic E-state index is -4.11. The second kappa shape index (κ2) is 8.66. The lowest BCUT2D eigenvalue weighted by Crippen LogP contribution is -2.14. The number of carbonyl (C=O) groups excluding carboxylic acids is 2. The molecule has 2 aromatic rings. The van der Waals surface area contributed by atoms with Gasteiger partial charge >= 0.3 is 11.9 Å². The number of hydrogen-bond acceptors (Lipinski definition) is 10. The largest absolute Gasteiger partial charge is 0.468 e. The fourth-order valence-corrected chi connectivity index (χ4v) is 4.95. The summed E-state index contributed by atoms with van der Waals surface area (Å²) in [5, 5.41) is 7.39. The van der Waals surface area contributed by atoms with Crippen LogP contribution in [0.5, 0.6) is 0 Å². The predicted octanol–water partition coefficient (Wildman–Crippen LogP) is 2.04. The van der Waals surface area contributed by atoms with Crippen molar-refractivity contribution in [3.05, 3.63) is 28.8 Å². The number of aromatic nitrogens is 2. The van der Waals surface area contributed by atoms with E-state index in [-0.39, 0.29) is 26.4 Å². The molecule has 0 saturated heterocycles. The van der Waals surface area contributed by atoms with Gasteiger partial charge in [0.05, 0.1) is 30.6 Å². The number of rotatable bonds is 7. The quantitative estimate of drug-likeness (QED) is 0.511. The Hall–Kier alpha value is -1.89. The Morgan fingerprint density at radius 1 is 1.27 bits per heavy atom. The summed E-state index contributed by atoms with van der Waals surface area (Å²) >= 11 is 7.93. The maximum absolute atomic E-state index is 12.5. The van der Waals surface area contributed by atoms with E-state index < -0.39 is 22.0 Å². The van der Waals surface area contributed by atoms with Crippen molar-refractivity contribution >= 4 is 61.8 Å². The molecule has 26 heavy (non-hydrogen) atoms. The molecule has 9 nitrogen and oxygen atoms in total. The molecule has 0 bridgehead atoms. The maximum Gasteiger partial charge on any atom is 0.337 e. The zero-order valence-corrected chi connectivity index (χ0v) is 16.6. The molecule has 0 atom stereocenters. The first-order valence-corrected chi connectivity index (χ1v) is 10.4. The third-order valence-electron chi connectivity index (χ3n) is 2.81. The molecule has 140 valence electrons. The number of benzene rings is 1. The number of nitrogens with one attached hydrogen (secondary N) is 1. The zero-order valence-electron chi connectivity index (χ0n) is 13.4. The van der Waals surface area contributed by atoms with Crippen LogP contribution < -0.4 is 4.72 Å². The number of ether oxygens (including phenoxy) is 2. The average molecular weight is 438 g/mol. The number of esters is 2. The van der Waals surface area contributed by atoms with E-state index in [1.807, 2.05) is 0 Å². The maximum atomic E-state index is 12.5. The van der Waals surface area contributed by atoms with Gasteiger partial charge in [-0.1, -0.05) is 34.7 Å². The molecule has 0 aliphatic heterocycles. The van der Waals surface area contributed by atoms with Gasteiger partial charge in [0.15, 0.2) is 4.34 Å². The molecule has 2 rings (SSSR count). The molecule has 0 fully saturated rings. The molecule has 0 spiro atoms. The third-order valence-corrected chi connectivity index (χ3v) is 6.71. The van der Waals surface area contributed by atoms with Crippen LogP contribution in [0.3, 0.4) is 0 Å². The molecular weight excluding hydrogens is 426 g/mol. The topological polar surface area (TPSA) is 125 Å². The van der Waals surface area contributed by atoms with E-state index in [0.29, 0.717) is 4.34 Å². The summed E-state index contributed by atoms with van der Waals surface area (Å²) in [5.41, 5.74) is 0.0314. The Morgan fingerprint density at radius 2 is 2.00 bits per heavy atom. The van der Waals surface area contributed by atoms with Crippen LogP contribution in [0.15, 0.2) is 27.4 Å². The lowest BCUT2D eigenvalue weighted by molar-refractivity contribution is -0.137. The molecule has 1 heterocycles. The SMILES string of the molecule is COC(=O)CSc1nnc(NS(=O)(=O)c2cc(C(=O)OC)ccc2Cl)s1. The molecule has 0 radical (unpaired) electrons. The Kier molecular flexibility index (Phi) is 6.81. The number of halogens is 1. The standard InChI is InChI=1S/C13H12ClN3O6S3/c1-22-10(18)6-24-13-16-15-12(25-13)17-26(20,21)9-5-7(11(19)23-2)3-4-8(9)14/h3-5H,6H2,1-2H3,(H,15,17). The number of nitrogens with zero attached hydrogens (tertiary/aromatic N) is 2. The van der Waals surface area contributed by atoms with E-state index >= 15 is 0 Å². The fourth-order valence-electron chi connectivity index (χ4n) is 1.61. The van der Waals surface area contributed by atoms with Crippen LogP contribution in [0.25, 0.3) is 0 Å². The van der Waals surface area contributed by atoms with E-state index in [2.05, 4.69) is 24.4 Å². The van der Waals surface area contributed by atoms with Gasteiger partial charge in [0.25, 0.3) is 10.0 Å². The van der Waals surface area contributed by atoms with Crippen LogP contribution in [-0.2, 0) is 24.3 Å². The summed E-state index contributed by atoms with van der Waals surface area (Å²) in [5.74, 6) is -1.13. The van der Waals surface area contributed by atoms with Gasteiger partial charge in [-0.15, -0.1) is 10.2 Å². The minimum Gasteiger partial charge on any atom is -0.468 e. The van der Waals surface area contributed by atoms with Gasteiger partial charge in [-0.05, 0) is 18.2 Å². The molecule has 0 unspecified atom stereocenters. The number of anilines is 1. The lowest BCUT2D eigenvalue weighted by atomic mass is 10.2. The highest BCUT2D eigenvalue weighted by molar-refractivity contribution is 8.01. The summed E-state index contributed by atoms with van der Waals surface area (Å²) in [4.78, 5) is 22.4. The van der Waals surface area contributed by atoms with E-state index in [9.17, 15) is 18.0 Å². The molecular formula is C13H12ClN3O6S3. The van der Waals surface area contributed by atoms with Gasteiger partial charge in [-0.2, -0.15) is 0 Å². The van der Waals surface area contributed by atoms with Crippen LogP contribution in [0.2, 0.25) is 5.02 Å². The molecule has 13 heteroatoms. The number of carbonyl (C=O) groups is 2. The van der Waals surface area contributed by atoms with Crippen LogP contribution in [-0.4, -0.2) is 50.5 Å². The van der Waals surface area contributed by atoms with E-state index in [4.69, 9.17) is 11.6 Å². The Balaban J connectivity index is 2.20. The molecule has 0 aliphatic rings. The van der Waals surface area contributed by atoms with Crippen LogP contribution in [0.1, 0.15) is 10.4 Å². The second-order valence-electron chi connectivity index (χ2n) is 4.48. The average Bonchev–Trinajstić information content (AvgIpc) is 3.05. The molecule has 1 N–H and O–H groups in total. The van der Waals surface area contributed by atoms with Crippen molar-refractivity contribution in [1.29, 1.82) is 0 Å². The highest BCUT2D eigenvalue weighted by atomic mass is 35.5. The van der Waals surface area contributed by atoms with Crippen LogP contribution in [0.4, 0.5) is 5.13 Å². The number of hydrogen-bond donors (Lipinski definition) is 1. The number of sulfonamides is 1. The van der Waals surface area contributed by atoms with Crippen molar-refractivity contribution in [2.45, 2.75) is 9.24 Å². The summed E-state index contributed by atoms with van der Waals surface area (Å²) < 4.78 is 36.7. The van der Waals surface area contributed by atoms with Crippen molar-refractivity contribution < 1.29 is 27.5 Å². The first kappa shape index (κ1) is 20.4. The molecule has 1 aromatic heterocycles. The van der Waals surface area contributed by atoms with Gasteiger partial charge in [-0.25, -0.2) is 13.2 Å². The van der Waals surface area contributed by atoms with E-state index in [1.54, 1.807) is 0 Å². The first-order valence-electron chi connectivity index (χ1n) is 6.70. The lowest BCUT2D eigenvalue weighted by Gasteiger charge is -2.08. The van der Waals surface area contributed by atoms with Gasteiger partial charge in [0, 0.05) is 0 Å². The second-order valence-corrected chi connectivity index (χ2v) is 8.74. The van der Waals surface area contributed by atoms with Crippen molar-refractivity contribution in [3.63, 3.8) is 0 Å². The summed E-state index contributed by atoms with van der Waals surface area (Å²) in [6.45, 7) is 0. The minimum absolute atomic E-state index is 0.0168. The molecule has 0 amide bonds. The summed E-state index contributed by atoms with van der Waals surface area (Å²) in [7, 11) is -1.68. The Morgan fingerprint density at radius 3 is 2.65 bits per heavy atom. The molecule has 1 aromatic carbocycles. The van der Waals surface area contributed by atoms with Crippen molar-refractivity contribution in [3.8, 4) is 0 Å². The summed E-state index contributed by atoms with van der Waals surface area (Å²) in [6, 6.07) is 3.73. The van der Waals surface area contributed by atoms with Gasteiger partial charge < -0.3 is 9.47 Å². The van der Waals surface area contributed by atoms with E-state index in [1.165, 1.54) is 26.4 Å². The Labute approximate surface area is 162 Å². The highest BCUT2D eigenvalue weighted by Crippen LogP contribution is 2.29. The van der Waals surface area contributed by atoms with Gasteiger partial charge in [0.2, 0.25) is 5.13 Å². The van der Waals surface area contributed by atoms with Crippen molar-refractivity contribution in [2.24, 2.45) is 0 Å². The molecule has 0 aliphatic carbocycles.